The average molecular weight is 610 g/mol. The van der Waals surface area contributed by atoms with E-state index in [1.54, 1.807) is 4.90 Å². The number of aromatic nitrogens is 2. The van der Waals surface area contributed by atoms with Crippen LogP contribution in [-0.2, 0) is 20.9 Å². The van der Waals surface area contributed by atoms with E-state index in [1.165, 1.54) is 11.8 Å². The predicted molar refractivity (Wildman–Crippen MR) is 176 cm³/mol. The Kier molecular flexibility index (Phi) is 10.3. The van der Waals surface area contributed by atoms with Gasteiger partial charge in [0.1, 0.15) is 6.04 Å². The Labute approximate surface area is 263 Å². The molecule has 1 aliphatic rings. The van der Waals surface area contributed by atoms with Gasteiger partial charge in [0.15, 0.2) is 5.16 Å². The van der Waals surface area contributed by atoms with E-state index < -0.39 is 6.04 Å². The number of nitrogens with zero attached hydrogens (tertiary/aromatic N) is 4. The monoisotopic (exact) mass is 609 g/mol. The largest absolute Gasteiger partial charge is 0.378 e. The summed E-state index contributed by atoms with van der Waals surface area (Å²) in [6.45, 7) is 11.2. The van der Waals surface area contributed by atoms with E-state index in [0.29, 0.717) is 24.1 Å². The number of nitrogens with one attached hydrogen (secondary N) is 1. The van der Waals surface area contributed by atoms with E-state index in [4.69, 9.17) is 4.74 Å². The molecule has 1 aliphatic heterocycles. The molecular weight excluding hydrogens is 570 g/mol. The highest BCUT2D eigenvalue weighted by molar-refractivity contribution is 7.99. The number of hydrogen-bond donors (Lipinski definition) is 1. The first-order valence-corrected chi connectivity index (χ1v) is 15.8. The van der Waals surface area contributed by atoms with Crippen molar-refractivity contribution in [2.75, 3.05) is 42.3 Å². The summed E-state index contributed by atoms with van der Waals surface area (Å²) in [5, 5.41) is 3.65. The highest BCUT2D eigenvalue weighted by Gasteiger charge is 2.32. The summed E-state index contributed by atoms with van der Waals surface area (Å²) < 4.78 is 5.48. The number of rotatable bonds is 10. The van der Waals surface area contributed by atoms with Crippen LogP contribution in [0.3, 0.4) is 0 Å². The molecule has 2 amide bonds. The Morgan fingerprint density at radius 1 is 0.909 bits per heavy atom. The summed E-state index contributed by atoms with van der Waals surface area (Å²) >= 11 is 1.29. The van der Waals surface area contributed by atoms with Gasteiger partial charge in [-0.1, -0.05) is 65.9 Å². The first kappa shape index (κ1) is 31.2. The molecule has 0 saturated carbocycles. The Morgan fingerprint density at radius 3 is 2.23 bits per heavy atom. The number of carbonyl (C=O) groups is 2. The highest BCUT2D eigenvalue weighted by Crippen LogP contribution is 2.29. The van der Waals surface area contributed by atoms with Crippen molar-refractivity contribution in [1.82, 2.24) is 14.9 Å². The van der Waals surface area contributed by atoms with Gasteiger partial charge in [0.2, 0.25) is 5.91 Å². The Balaban J connectivity index is 1.45. The number of aryl methyl sites for hydroxylation is 4. The normalized spacial score (nSPS) is 13.8. The number of ether oxygens (including phenoxy) is 1. The van der Waals surface area contributed by atoms with Crippen LogP contribution in [0.4, 0.5) is 11.4 Å². The van der Waals surface area contributed by atoms with E-state index in [1.807, 2.05) is 107 Å². The molecule has 1 fully saturated rings. The van der Waals surface area contributed by atoms with Crippen molar-refractivity contribution >= 4 is 35.0 Å². The molecule has 0 bridgehead atoms. The molecule has 1 unspecified atom stereocenters. The lowest BCUT2D eigenvalue weighted by molar-refractivity contribution is -0.137. The number of thioether (sulfide) groups is 1. The van der Waals surface area contributed by atoms with Crippen LogP contribution >= 0.6 is 11.8 Å². The van der Waals surface area contributed by atoms with Crippen molar-refractivity contribution in [2.45, 2.75) is 45.4 Å². The van der Waals surface area contributed by atoms with E-state index in [9.17, 15) is 9.59 Å². The van der Waals surface area contributed by atoms with Gasteiger partial charge >= 0.3 is 0 Å². The fourth-order valence-corrected chi connectivity index (χ4v) is 6.11. The molecule has 44 heavy (non-hydrogen) atoms. The minimum absolute atomic E-state index is 0.0959. The topological polar surface area (TPSA) is 87.7 Å². The van der Waals surface area contributed by atoms with Gasteiger partial charge in [-0.25, -0.2) is 9.97 Å². The summed E-state index contributed by atoms with van der Waals surface area (Å²) in [5.74, 6) is -0.356. The third-order valence-corrected chi connectivity index (χ3v) is 8.51. The molecule has 5 rings (SSSR count). The van der Waals surface area contributed by atoms with E-state index >= 15 is 0 Å². The van der Waals surface area contributed by atoms with Crippen molar-refractivity contribution in [3.63, 3.8) is 0 Å². The molecule has 1 aromatic heterocycles. The van der Waals surface area contributed by atoms with Gasteiger partial charge in [-0.15, -0.1) is 0 Å². The third kappa shape index (κ3) is 8.03. The van der Waals surface area contributed by atoms with E-state index in [-0.39, 0.29) is 24.1 Å². The van der Waals surface area contributed by atoms with Crippen molar-refractivity contribution in [3.8, 4) is 0 Å². The van der Waals surface area contributed by atoms with Crippen LogP contribution in [0.2, 0.25) is 0 Å². The maximum atomic E-state index is 14.2. The molecular formula is C35H39N5O3S. The number of hydrogen-bond acceptors (Lipinski definition) is 7. The summed E-state index contributed by atoms with van der Waals surface area (Å²) in [6.07, 6.45) is 0. The fraction of sp³-hybridized carbons (Fsp3) is 0.314. The first-order valence-electron chi connectivity index (χ1n) is 14.9. The van der Waals surface area contributed by atoms with Crippen LogP contribution < -0.4 is 10.2 Å². The molecule has 8 nitrogen and oxygen atoms in total. The van der Waals surface area contributed by atoms with Crippen molar-refractivity contribution < 1.29 is 14.3 Å². The van der Waals surface area contributed by atoms with Crippen molar-refractivity contribution in [3.05, 3.63) is 113 Å². The second kappa shape index (κ2) is 14.5. The van der Waals surface area contributed by atoms with E-state index in [2.05, 4.69) is 20.2 Å². The molecule has 1 atom stereocenters. The zero-order chi connectivity index (χ0) is 31.1. The maximum absolute atomic E-state index is 14.2. The van der Waals surface area contributed by atoms with Gasteiger partial charge in [-0.05, 0) is 74.7 Å². The molecule has 0 radical (unpaired) electrons. The summed E-state index contributed by atoms with van der Waals surface area (Å²) in [5.41, 5.74) is 7.31. The third-order valence-electron chi connectivity index (χ3n) is 7.67. The number of amides is 2. The maximum Gasteiger partial charge on any atom is 0.251 e. The van der Waals surface area contributed by atoms with Gasteiger partial charge < -0.3 is 19.9 Å². The molecule has 1 saturated heterocycles. The minimum atomic E-state index is -0.859. The van der Waals surface area contributed by atoms with Crippen LogP contribution in [0.15, 0.2) is 84.0 Å². The second-order valence-corrected chi connectivity index (χ2v) is 12.1. The molecule has 3 aromatic carbocycles. The smallest absolute Gasteiger partial charge is 0.251 e. The van der Waals surface area contributed by atoms with E-state index in [0.717, 1.165) is 52.4 Å². The van der Waals surface area contributed by atoms with Gasteiger partial charge in [0, 0.05) is 42.4 Å². The molecule has 9 heteroatoms. The van der Waals surface area contributed by atoms with Gasteiger partial charge in [0.25, 0.3) is 5.91 Å². The van der Waals surface area contributed by atoms with Gasteiger partial charge in [-0.2, -0.15) is 0 Å². The van der Waals surface area contributed by atoms with Crippen LogP contribution in [0, 0.1) is 27.7 Å². The minimum Gasteiger partial charge on any atom is -0.378 e. The molecule has 4 aromatic rings. The van der Waals surface area contributed by atoms with Gasteiger partial charge in [-0.3, -0.25) is 9.59 Å². The SMILES string of the molecule is Cc1ccc(C(C(=O)Nc2ccc(N3CCOCC3)cc2)N(Cc2ccccc2C)C(=O)CSc2nc(C)cc(C)n2)cc1. The lowest BCUT2D eigenvalue weighted by atomic mass is 10.0. The van der Waals surface area contributed by atoms with Crippen LogP contribution in [0.1, 0.15) is 39.7 Å². The molecule has 1 N–H and O–H groups in total. The Hall–Kier alpha value is -4.21. The average Bonchev–Trinajstić information content (AvgIpc) is 3.02. The fourth-order valence-electron chi connectivity index (χ4n) is 5.27. The van der Waals surface area contributed by atoms with Crippen molar-refractivity contribution in [2.24, 2.45) is 0 Å². The quantitative estimate of drug-likeness (QED) is 0.173. The predicted octanol–water partition coefficient (Wildman–Crippen LogP) is 6.05. The standard InChI is InChI=1S/C35H39N5O3S/c1-24-9-11-28(12-10-24)33(34(42)38-30-13-15-31(16-14-30)39-17-19-43-20-18-39)40(22-29-8-6-5-7-25(29)2)32(41)23-44-35-36-26(3)21-27(4)37-35/h5-16,21,33H,17-20,22-23H2,1-4H3,(H,38,42). The van der Waals surface area contributed by atoms with Crippen LogP contribution in [0.25, 0.3) is 0 Å². The lowest BCUT2D eigenvalue weighted by Crippen LogP contribution is -2.42. The number of benzene rings is 3. The molecule has 2 heterocycles. The summed E-state index contributed by atoms with van der Waals surface area (Å²) in [7, 11) is 0. The number of anilines is 2. The first-order chi connectivity index (χ1) is 21.3. The zero-order valence-corrected chi connectivity index (χ0v) is 26.6. The van der Waals surface area contributed by atoms with Crippen LogP contribution in [0.5, 0.6) is 0 Å². The van der Waals surface area contributed by atoms with Crippen molar-refractivity contribution in [1.29, 1.82) is 0 Å². The summed E-state index contributed by atoms with van der Waals surface area (Å²) in [4.78, 5) is 41.3. The van der Waals surface area contributed by atoms with Crippen LogP contribution in [-0.4, -0.2) is 58.7 Å². The van der Waals surface area contributed by atoms with Gasteiger partial charge in [0.05, 0.1) is 19.0 Å². The molecule has 0 spiro atoms. The number of carbonyl (C=O) groups excluding carboxylic acids is 2. The summed E-state index contributed by atoms with van der Waals surface area (Å²) in [6, 6.07) is 24.7. The Bertz CT molecular complexity index is 1570. The second-order valence-electron chi connectivity index (χ2n) is 11.1. The molecule has 0 aliphatic carbocycles. The highest BCUT2D eigenvalue weighted by atomic mass is 32.2. The number of morpholine rings is 1. The Morgan fingerprint density at radius 2 is 1.57 bits per heavy atom. The lowest BCUT2D eigenvalue weighted by Gasteiger charge is -2.32. The zero-order valence-electron chi connectivity index (χ0n) is 25.7. The molecule has 228 valence electrons.